The van der Waals surface area contributed by atoms with E-state index in [1.165, 1.54) is 5.56 Å². The molecule has 2 nitrogen and oxygen atoms in total. The monoisotopic (exact) mass is 200 g/mol. The van der Waals surface area contributed by atoms with Gasteiger partial charge in [-0.1, -0.05) is 19.9 Å². The maximum absolute atomic E-state index is 8.91. The number of fused-ring (bicyclic) bond motifs is 1. The summed E-state index contributed by atoms with van der Waals surface area (Å²) < 4.78 is 2.00. The van der Waals surface area contributed by atoms with Crippen LogP contribution >= 0.6 is 0 Å². The molecule has 0 unspecified atom stereocenters. The van der Waals surface area contributed by atoms with E-state index < -0.39 is 0 Å². The molecule has 78 valence electrons. The number of aryl methyl sites for hydroxylation is 2. The van der Waals surface area contributed by atoms with Crippen LogP contribution in [0.1, 0.15) is 30.5 Å². The predicted octanol–water partition coefficient (Wildman–Crippen LogP) is 3.45. The third-order valence-corrected chi connectivity index (χ3v) is 2.22. The first-order valence-electron chi connectivity index (χ1n) is 5.20. The normalized spacial score (nSPS) is 9.27. The topological polar surface area (TPSA) is 28.2 Å². The molecule has 0 spiro atoms. The summed E-state index contributed by atoms with van der Waals surface area (Å²) in [6.07, 6.45) is 4.02. The number of nitrogens with zero attached hydrogens (tertiary/aromatic N) is 2. The Hall–Kier alpha value is -1.75. The van der Waals surface area contributed by atoms with Crippen LogP contribution in [-0.2, 0) is 0 Å². The lowest BCUT2D eigenvalue weighted by molar-refractivity contribution is 1.16. The van der Waals surface area contributed by atoms with Gasteiger partial charge in [0.15, 0.2) is 0 Å². The Balaban J connectivity index is 0.000000531. The Morgan fingerprint density at radius 1 is 1.13 bits per heavy atom. The van der Waals surface area contributed by atoms with Crippen molar-refractivity contribution in [3.8, 4) is 6.07 Å². The van der Waals surface area contributed by atoms with Crippen LogP contribution < -0.4 is 0 Å². The molecular formula is C13H16N2. The van der Waals surface area contributed by atoms with Crippen molar-refractivity contribution < 1.29 is 0 Å². The molecule has 0 atom stereocenters. The molecule has 2 heteroatoms. The molecule has 2 heterocycles. The summed E-state index contributed by atoms with van der Waals surface area (Å²) in [6, 6.07) is 6.23. The van der Waals surface area contributed by atoms with Gasteiger partial charge in [0, 0.05) is 12.4 Å². The van der Waals surface area contributed by atoms with Crippen molar-refractivity contribution in [3.05, 3.63) is 41.2 Å². The molecule has 0 saturated heterocycles. The summed E-state index contributed by atoms with van der Waals surface area (Å²) in [5, 5.41) is 8.91. The fourth-order valence-corrected chi connectivity index (χ4v) is 1.57. The van der Waals surface area contributed by atoms with Gasteiger partial charge in [0.1, 0.15) is 6.07 Å². The predicted molar refractivity (Wildman–Crippen MR) is 62.9 cm³/mol. The Bertz CT molecular complexity index is 501. The first-order chi connectivity index (χ1) is 7.22. The van der Waals surface area contributed by atoms with E-state index in [4.69, 9.17) is 5.26 Å². The largest absolute Gasteiger partial charge is 0.322 e. The standard InChI is InChI=1S/C11H10N2.C2H6/c1-8-3-4-11-10(5-12)9(2)7-13(11)6-8;1-2/h3-4,6-7H,1-2H3;1-2H3. The van der Waals surface area contributed by atoms with Gasteiger partial charge in [-0.3, -0.25) is 0 Å². The van der Waals surface area contributed by atoms with Gasteiger partial charge in [-0.2, -0.15) is 5.26 Å². The lowest BCUT2D eigenvalue weighted by atomic mass is 10.2. The van der Waals surface area contributed by atoms with Crippen LogP contribution in [0.25, 0.3) is 5.52 Å². The summed E-state index contributed by atoms with van der Waals surface area (Å²) in [5.41, 5.74) is 4.01. The number of hydrogen-bond acceptors (Lipinski definition) is 1. The smallest absolute Gasteiger partial charge is 0.102 e. The van der Waals surface area contributed by atoms with Gasteiger partial charge < -0.3 is 4.40 Å². The Kier molecular flexibility index (Phi) is 3.51. The molecule has 2 aromatic rings. The highest BCUT2D eigenvalue weighted by molar-refractivity contribution is 5.65. The summed E-state index contributed by atoms with van der Waals surface area (Å²) >= 11 is 0. The molecule has 0 amide bonds. The van der Waals surface area contributed by atoms with Crippen molar-refractivity contribution >= 4 is 5.52 Å². The summed E-state index contributed by atoms with van der Waals surface area (Å²) in [5.74, 6) is 0. The van der Waals surface area contributed by atoms with Crippen LogP contribution in [0, 0.1) is 25.2 Å². The second-order valence-corrected chi connectivity index (χ2v) is 3.30. The lowest BCUT2D eigenvalue weighted by Gasteiger charge is -1.95. The second kappa shape index (κ2) is 4.65. The fourth-order valence-electron chi connectivity index (χ4n) is 1.57. The van der Waals surface area contributed by atoms with E-state index in [1.807, 2.05) is 56.6 Å². The van der Waals surface area contributed by atoms with Crippen LogP contribution in [0.4, 0.5) is 0 Å². The van der Waals surface area contributed by atoms with Gasteiger partial charge in [0.25, 0.3) is 0 Å². The minimum atomic E-state index is 0.778. The van der Waals surface area contributed by atoms with Gasteiger partial charge in [0.05, 0.1) is 11.1 Å². The number of nitriles is 1. The van der Waals surface area contributed by atoms with Crippen LogP contribution in [0.5, 0.6) is 0 Å². The average Bonchev–Trinajstić information content (AvgIpc) is 2.55. The van der Waals surface area contributed by atoms with Crippen LogP contribution in [0.15, 0.2) is 24.5 Å². The zero-order chi connectivity index (χ0) is 11.4. The Morgan fingerprint density at radius 2 is 1.80 bits per heavy atom. The second-order valence-electron chi connectivity index (χ2n) is 3.30. The zero-order valence-corrected chi connectivity index (χ0v) is 9.70. The highest BCUT2D eigenvalue weighted by Crippen LogP contribution is 2.17. The van der Waals surface area contributed by atoms with Crippen molar-refractivity contribution in [3.63, 3.8) is 0 Å². The average molecular weight is 200 g/mol. The summed E-state index contributed by atoms with van der Waals surface area (Å²) in [7, 11) is 0. The molecule has 0 bridgehead atoms. The quantitative estimate of drug-likeness (QED) is 0.640. The molecule has 0 aromatic carbocycles. The highest BCUT2D eigenvalue weighted by atomic mass is 14.9. The van der Waals surface area contributed by atoms with Crippen molar-refractivity contribution in [2.75, 3.05) is 0 Å². The van der Waals surface area contributed by atoms with Gasteiger partial charge in [-0.05, 0) is 31.0 Å². The van der Waals surface area contributed by atoms with Gasteiger partial charge in [-0.15, -0.1) is 0 Å². The number of rotatable bonds is 0. The first-order valence-corrected chi connectivity index (χ1v) is 5.20. The number of pyridine rings is 1. The van der Waals surface area contributed by atoms with Crippen molar-refractivity contribution in [1.82, 2.24) is 4.40 Å². The van der Waals surface area contributed by atoms with Gasteiger partial charge in [0.2, 0.25) is 0 Å². The maximum Gasteiger partial charge on any atom is 0.102 e. The molecule has 0 radical (unpaired) electrons. The van der Waals surface area contributed by atoms with E-state index in [1.54, 1.807) is 0 Å². The summed E-state index contributed by atoms with van der Waals surface area (Å²) in [4.78, 5) is 0. The SMILES string of the molecule is CC.Cc1ccc2c(C#N)c(C)cn2c1. The van der Waals surface area contributed by atoms with Crippen molar-refractivity contribution in [2.45, 2.75) is 27.7 Å². The van der Waals surface area contributed by atoms with E-state index in [0.717, 1.165) is 16.6 Å². The van der Waals surface area contributed by atoms with Crippen LogP contribution in [0.3, 0.4) is 0 Å². The third kappa shape index (κ3) is 2.02. The highest BCUT2D eigenvalue weighted by Gasteiger charge is 2.05. The molecular weight excluding hydrogens is 184 g/mol. The van der Waals surface area contributed by atoms with Crippen LogP contribution in [0.2, 0.25) is 0 Å². The number of hydrogen-bond donors (Lipinski definition) is 0. The molecule has 2 aromatic heterocycles. The molecule has 0 aliphatic heterocycles. The van der Waals surface area contributed by atoms with Crippen LogP contribution in [-0.4, -0.2) is 4.40 Å². The number of aromatic nitrogens is 1. The van der Waals surface area contributed by atoms with Gasteiger partial charge >= 0.3 is 0 Å². The van der Waals surface area contributed by atoms with E-state index in [2.05, 4.69) is 6.07 Å². The van der Waals surface area contributed by atoms with E-state index in [0.29, 0.717) is 0 Å². The summed E-state index contributed by atoms with van der Waals surface area (Å²) in [6.45, 7) is 8.00. The third-order valence-electron chi connectivity index (χ3n) is 2.22. The molecule has 0 aliphatic carbocycles. The Morgan fingerprint density at radius 3 is 2.40 bits per heavy atom. The van der Waals surface area contributed by atoms with Crippen molar-refractivity contribution in [2.24, 2.45) is 0 Å². The Labute approximate surface area is 90.8 Å². The molecule has 0 aliphatic rings. The maximum atomic E-state index is 8.91. The molecule has 2 rings (SSSR count). The van der Waals surface area contributed by atoms with E-state index in [9.17, 15) is 0 Å². The molecule has 0 saturated carbocycles. The van der Waals surface area contributed by atoms with E-state index in [-0.39, 0.29) is 0 Å². The molecule has 15 heavy (non-hydrogen) atoms. The molecule has 0 fully saturated rings. The molecule has 0 N–H and O–H groups in total. The zero-order valence-electron chi connectivity index (χ0n) is 9.70. The lowest BCUT2D eigenvalue weighted by Crippen LogP contribution is -1.83. The van der Waals surface area contributed by atoms with E-state index >= 15 is 0 Å². The fraction of sp³-hybridized carbons (Fsp3) is 0.308. The first kappa shape index (κ1) is 11.3. The minimum absolute atomic E-state index is 0.778. The minimum Gasteiger partial charge on any atom is -0.322 e. The van der Waals surface area contributed by atoms with Gasteiger partial charge in [-0.25, -0.2) is 0 Å². The van der Waals surface area contributed by atoms with Crippen molar-refractivity contribution in [1.29, 1.82) is 5.26 Å².